The molecule has 0 radical (unpaired) electrons. The Hall–Kier alpha value is 0.960. The zero-order chi connectivity index (χ0) is 31.6. The number of unbranched alkanes of at least 4 members (excludes halogenated alkanes) is 18. The maximum Gasteiger partial charge on any atom is 0.129 e. The van der Waals surface area contributed by atoms with Crippen LogP contribution < -0.4 is 54.9 Å². The Morgan fingerprint density at radius 2 is 0.490 bits per heavy atom. The average molecular weight is 776 g/mol. The lowest BCUT2D eigenvalue weighted by Crippen LogP contribution is -3.00. The molecule has 0 aromatic rings. The van der Waals surface area contributed by atoms with Crippen LogP contribution in [0.2, 0.25) is 0 Å². The third kappa shape index (κ3) is 17.3. The third-order valence-electron chi connectivity index (χ3n) is 13.8. The molecule has 6 aliphatic heterocycles. The molecule has 0 atom stereocenters. The molecule has 6 aliphatic rings. The lowest BCUT2D eigenvalue weighted by molar-refractivity contribution is -1.08. The average Bonchev–Trinajstić information content (AvgIpc) is 3.08. The first kappa shape index (κ1) is 50.0. The summed E-state index contributed by atoms with van der Waals surface area (Å²) in [6, 6.07) is 0. The molecular formula is C40H83Cl4N5. The number of quaternary nitrogens is 4. The second-order valence-corrected chi connectivity index (χ2v) is 17.1. The number of nitrogens with one attached hydrogen (secondary N) is 1. The Labute approximate surface area is 331 Å². The van der Waals surface area contributed by atoms with Crippen molar-refractivity contribution in [3.05, 3.63) is 0 Å². The summed E-state index contributed by atoms with van der Waals surface area (Å²) in [6.07, 6.45) is 29.3. The molecule has 6 rings (SSSR count). The molecule has 0 amide bonds. The highest BCUT2D eigenvalue weighted by molar-refractivity contribution is 4.66. The normalized spacial score (nSPS) is 28.3. The smallest absolute Gasteiger partial charge is 0.129 e. The van der Waals surface area contributed by atoms with Crippen molar-refractivity contribution in [1.82, 2.24) is 5.32 Å². The number of hydrogen-bond donors (Lipinski definition) is 1. The van der Waals surface area contributed by atoms with Gasteiger partial charge in [-0.2, -0.15) is 0 Å². The van der Waals surface area contributed by atoms with Crippen LogP contribution in [0.25, 0.3) is 0 Å². The molecule has 6 heterocycles. The number of nitrogens with zero attached hydrogens (tertiary/aromatic N) is 4. The summed E-state index contributed by atoms with van der Waals surface area (Å²) in [5.74, 6) is 0. The van der Waals surface area contributed by atoms with Crippen LogP contribution >= 0.6 is 0 Å². The molecule has 4 bridgehead atoms. The van der Waals surface area contributed by atoms with E-state index in [2.05, 4.69) is 19.2 Å². The zero-order valence-corrected chi connectivity index (χ0v) is 35.7. The zero-order valence-electron chi connectivity index (χ0n) is 32.7. The maximum absolute atomic E-state index is 3.96. The summed E-state index contributed by atoms with van der Waals surface area (Å²) < 4.78 is 5.82. The number of halogens is 4. The van der Waals surface area contributed by atoms with Gasteiger partial charge in [-0.3, -0.25) is 0 Å². The predicted molar refractivity (Wildman–Crippen MR) is 195 cm³/mol. The fraction of sp³-hybridized carbons (Fsp3) is 1.00. The van der Waals surface area contributed by atoms with Crippen molar-refractivity contribution in [3.8, 4) is 0 Å². The Kier molecular flexibility index (Phi) is 28.1. The van der Waals surface area contributed by atoms with Gasteiger partial charge in [0.25, 0.3) is 0 Å². The van der Waals surface area contributed by atoms with E-state index in [1.165, 1.54) is 264 Å². The second kappa shape index (κ2) is 27.5. The molecule has 1 N–H and O–H groups in total. The lowest BCUT2D eigenvalue weighted by Gasteiger charge is -2.56. The first-order valence-electron chi connectivity index (χ1n) is 21.2. The van der Waals surface area contributed by atoms with Crippen molar-refractivity contribution in [1.29, 1.82) is 0 Å². The molecule has 6 fully saturated rings. The van der Waals surface area contributed by atoms with E-state index < -0.39 is 0 Å². The van der Waals surface area contributed by atoms with E-state index in [4.69, 9.17) is 0 Å². The van der Waals surface area contributed by atoms with Crippen LogP contribution in [0.4, 0.5) is 0 Å². The van der Waals surface area contributed by atoms with Crippen LogP contribution in [-0.4, -0.2) is 136 Å². The standard InChI is InChI=1S/C40H83N5.4ClH/c1-3-5-7-9-11-13-15-17-19-21-25-42-29-35-44(36-30-42,37-31-42)27-23-41-24-28-45-38-32-43(33-39-45,34-40-45)26-22-20-18-16-14-12-10-8-6-4-2;;;;/h41H,3-40H2,1-2H3;4*1H/q+4;;;;/p-4. The fourth-order valence-corrected chi connectivity index (χ4v) is 9.86. The van der Waals surface area contributed by atoms with Gasteiger partial charge in [0.05, 0.1) is 26.2 Å². The van der Waals surface area contributed by atoms with Crippen LogP contribution in [0.15, 0.2) is 0 Å². The van der Waals surface area contributed by atoms with Crippen molar-refractivity contribution in [2.45, 2.75) is 142 Å². The Balaban J connectivity index is 0.00000576. The van der Waals surface area contributed by atoms with Crippen molar-refractivity contribution in [3.63, 3.8) is 0 Å². The van der Waals surface area contributed by atoms with E-state index in [-0.39, 0.29) is 49.6 Å². The summed E-state index contributed by atoms with van der Waals surface area (Å²) in [4.78, 5) is 0. The molecule has 5 nitrogen and oxygen atoms in total. The van der Waals surface area contributed by atoms with Crippen LogP contribution in [0.5, 0.6) is 0 Å². The molecule has 0 aliphatic carbocycles. The Morgan fingerprint density at radius 1 is 0.286 bits per heavy atom. The predicted octanol–water partition coefficient (Wildman–Crippen LogP) is -4.24. The van der Waals surface area contributed by atoms with Crippen LogP contribution in [0.3, 0.4) is 0 Å². The maximum atomic E-state index is 3.96. The Bertz CT molecular complexity index is 677. The number of piperazine rings is 6. The quantitative estimate of drug-likeness (QED) is 0.0629. The second-order valence-electron chi connectivity index (χ2n) is 17.1. The van der Waals surface area contributed by atoms with Gasteiger partial charge in [-0.15, -0.1) is 0 Å². The summed E-state index contributed by atoms with van der Waals surface area (Å²) in [5.41, 5.74) is 0. The third-order valence-corrected chi connectivity index (χ3v) is 13.8. The van der Waals surface area contributed by atoms with Gasteiger partial charge in [-0.05, 0) is 25.7 Å². The van der Waals surface area contributed by atoms with Crippen LogP contribution in [-0.2, 0) is 0 Å². The van der Waals surface area contributed by atoms with E-state index in [1.807, 2.05) is 0 Å². The van der Waals surface area contributed by atoms with E-state index in [1.54, 1.807) is 0 Å². The minimum atomic E-state index is 0. The highest BCUT2D eigenvalue weighted by Crippen LogP contribution is 2.29. The van der Waals surface area contributed by atoms with Gasteiger partial charge in [0, 0.05) is 13.1 Å². The molecule has 0 saturated carbocycles. The number of hydrogen-bond acceptors (Lipinski definition) is 1. The molecule has 0 aromatic carbocycles. The van der Waals surface area contributed by atoms with E-state index in [0.717, 1.165) is 0 Å². The molecule has 0 aromatic heterocycles. The molecule has 49 heavy (non-hydrogen) atoms. The summed E-state index contributed by atoms with van der Waals surface area (Å²) in [5, 5.41) is 3.96. The molecule has 9 heteroatoms. The topological polar surface area (TPSA) is 12.0 Å². The van der Waals surface area contributed by atoms with Gasteiger partial charge < -0.3 is 72.9 Å². The molecule has 0 unspecified atom stereocenters. The van der Waals surface area contributed by atoms with E-state index >= 15 is 0 Å². The van der Waals surface area contributed by atoms with Crippen LogP contribution in [0.1, 0.15) is 142 Å². The molecule has 0 spiro atoms. The summed E-state index contributed by atoms with van der Waals surface area (Å²) >= 11 is 0. The highest BCUT2D eigenvalue weighted by atomic mass is 35.5. The monoisotopic (exact) mass is 774 g/mol. The van der Waals surface area contributed by atoms with Crippen molar-refractivity contribution < 1.29 is 67.6 Å². The fourth-order valence-electron chi connectivity index (χ4n) is 9.86. The van der Waals surface area contributed by atoms with Crippen molar-refractivity contribution in [2.75, 3.05) is 118 Å². The molecular weight excluding hydrogens is 692 g/mol. The van der Waals surface area contributed by atoms with Gasteiger partial charge in [-0.25, -0.2) is 0 Å². The van der Waals surface area contributed by atoms with Crippen molar-refractivity contribution >= 4 is 0 Å². The van der Waals surface area contributed by atoms with Gasteiger partial charge >= 0.3 is 0 Å². The highest BCUT2D eigenvalue weighted by Gasteiger charge is 2.49. The van der Waals surface area contributed by atoms with Gasteiger partial charge in [0.1, 0.15) is 78.5 Å². The van der Waals surface area contributed by atoms with Gasteiger partial charge in [0.2, 0.25) is 0 Å². The molecule has 6 saturated heterocycles. The lowest BCUT2D eigenvalue weighted by atomic mass is 10.0. The SMILES string of the molecule is CCCCCCCCCCCC[N+]12CC[N+](CCNCC[N+]34CC[N+](CCCCCCCCCCCC)(CC3)CC4)(CC1)CC2.[Cl-].[Cl-].[Cl-].[Cl-]. The summed E-state index contributed by atoms with van der Waals surface area (Å²) in [7, 11) is 0. The minimum Gasteiger partial charge on any atom is -1.00 e. The van der Waals surface area contributed by atoms with Gasteiger partial charge in [-0.1, -0.05) is 117 Å². The number of rotatable bonds is 28. The first-order chi connectivity index (χ1) is 22.1. The van der Waals surface area contributed by atoms with Crippen molar-refractivity contribution in [2.24, 2.45) is 0 Å². The Morgan fingerprint density at radius 3 is 0.735 bits per heavy atom. The number of fused-ring (bicyclic) bond motifs is 6. The summed E-state index contributed by atoms with van der Waals surface area (Å²) in [6.45, 7) is 30.4. The first-order valence-corrected chi connectivity index (χ1v) is 21.2. The van der Waals surface area contributed by atoms with E-state index in [9.17, 15) is 0 Å². The van der Waals surface area contributed by atoms with Crippen LogP contribution in [0, 0.1) is 0 Å². The largest absolute Gasteiger partial charge is 1.00 e. The molecule has 296 valence electrons. The van der Waals surface area contributed by atoms with E-state index in [0.29, 0.717) is 0 Å². The van der Waals surface area contributed by atoms with Gasteiger partial charge in [0.15, 0.2) is 0 Å². The minimum absolute atomic E-state index is 0.